The minimum Gasteiger partial charge on any atom is -0.347 e. The maximum atomic E-state index is 12.3. The molecular weight excluding hydrogens is 256 g/mol. The molecule has 0 fully saturated rings. The summed E-state index contributed by atoms with van der Waals surface area (Å²) in [6, 6.07) is 3.36. The smallest absolute Gasteiger partial charge is 0.248 e. The predicted molar refractivity (Wildman–Crippen MR) is 73.0 cm³/mol. The Morgan fingerprint density at radius 3 is 2.75 bits per heavy atom. The SMILES string of the molecule is CN(C)C(=O)[C@H]1CN(c2ncccn2)Cc2ccnn21. The fraction of sp³-hybridized carbons (Fsp3) is 0.385. The Morgan fingerprint density at radius 2 is 2.05 bits per heavy atom. The molecule has 1 aliphatic heterocycles. The zero-order chi connectivity index (χ0) is 14.1. The molecule has 0 unspecified atom stereocenters. The van der Waals surface area contributed by atoms with Crippen molar-refractivity contribution in [3.8, 4) is 0 Å². The molecule has 7 nitrogen and oxygen atoms in total. The lowest BCUT2D eigenvalue weighted by molar-refractivity contribution is -0.132. The van der Waals surface area contributed by atoms with Crippen LogP contribution in [0.15, 0.2) is 30.7 Å². The second-order valence-electron chi connectivity index (χ2n) is 4.94. The van der Waals surface area contributed by atoms with E-state index in [1.807, 2.05) is 11.0 Å². The van der Waals surface area contributed by atoms with Gasteiger partial charge in [-0.15, -0.1) is 0 Å². The number of aromatic nitrogens is 4. The Bertz CT molecular complexity index is 608. The third kappa shape index (κ3) is 2.11. The molecule has 0 saturated carbocycles. The fourth-order valence-electron chi connectivity index (χ4n) is 2.38. The number of hydrogen-bond acceptors (Lipinski definition) is 5. The first-order valence-electron chi connectivity index (χ1n) is 6.42. The van der Waals surface area contributed by atoms with Crippen LogP contribution in [0.1, 0.15) is 11.7 Å². The number of fused-ring (bicyclic) bond motifs is 1. The van der Waals surface area contributed by atoms with Crippen molar-refractivity contribution in [1.82, 2.24) is 24.6 Å². The van der Waals surface area contributed by atoms with E-state index in [1.54, 1.807) is 48.3 Å². The average molecular weight is 272 g/mol. The van der Waals surface area contributed by atoms with Gasteiger partial charge in [-0.3, -0.25) is 9.48 Å². The molecule has 3 heterocycles. The largest absolute Gasteiger partial charge is 0.347 e. The number of anilines is 1. The lowest BCUT2D eigenvalue weighted by Gasteiger charge is -2.34. The molecule has 1 amide bonds. The van der Waals surface area contributed by atoms with Gasteiger partial charge in [0.2, 0.25) is 11.9 Å². The molecule has 7 heteroatoms. The van der Waals surface area contributed by atoms with E-state index in [1.165, 1.54) is 0 Å². The summed E-state index contributed by atoms with van der Waals surface area (Å²) < 4.78 is 1.79. The number of nitrogens with zero attached hydrogens (tertiary/aromatic N) is 6. The van der Waals surface area contributed by atoms with Gasteiger partial charge in [0.15, 0.2) is 0 Å². The van der Waals surface area contributed by atoms with Crippen LogP contribution >= 0.6 is 0 Å². The van der Waals surface area contributed by atoms with Gasteiger partial charge in [0.1, 0.15) is 6.04 Å². The molecule has 0 saturated heterocycles. The van der Waals surface area contributed by atoms with E-state index < -0.39 is 0 Å². The van der Waals surface area contributed by atoms with Crippen LogP contribution in [0.4, 0.5) is 5.95 Å². The van der Waals surface area contributed by atoms with Gasteiger partial charge in [-0.25, -0.2) is 9.97 Å². The first-order valence-corrected chi connectivity index (χ1v) is 6.42. The van der Waals surface area contributed by atoms with Crippen LogP contribution in [0.5, 0.6) is 0 Å². The van der Waals surface area contributed by atoms with Crippen molar-refractivity contribution < 1.29 is 4.79 Å². The molecule has 2 aromatic rings. The standard InChI is InChI=1S/C13H16N6O/c1-17(2)12(20)11-9-18(13-14-5-3-6-15-13)8-10-4-7-16-19(10)11/h3-7,11H,8-9H2,1-2H3/t11-/m1/s1. The third-order valence-corrected chi connectivity index (χ3v) is 3.35. The highest BCUT2D eigenvalue weighted by molar-refractivity contribution is 5.81. The maximum Gasteiger partial charge on any atom is 0.248 e. The van der Waals surface area contributed by atoms with Crippen molar-refractivity contribution in [2.45, 2.75) is 12.6 Å². The summed E-state index contributed by atoms with van der Waals surface area (Å²) in [5, 5.41) is 4.27. The molecule has 1 aliphatic rings. The van der Waals surface area contributed by atoms with E-state index >= 15 is 0 Å². The lowest BCUT2D eigenvalue weighted by atomic mass is 10.1. The molecule has 2 aromatic heterocycles. The van der Waals surface area contributed by atoms with Gasteiger partial charge in [0.05, 0.1) is 18.8 Å². The zero-order valence-corrected chi connectivity index (χ0v) is 11.5. The van der Waals surface area contributed by atoms with Crippen molar-refractivity contribution in [1.29, 1.82) is 0 Å². The summed E-state index contributed by atoms with van der Waals surface area (Å²) in [7, 11) is 3.51. The molecule has 20 heavy (non-hydrogen) atoms. The van der Waals surface area contributed by atoms with E-state index in [0.29, 0.717) is 19.0 Å². The number of carbonyl (C=O) groups excluding carboxylic acids is 1. The van der Waals surface area contributed by atoms with Crippen LogP contribution in [0.2, 0.25) is 0 Å². The quantitative estimate of drug-likeness (QED) is 0.787. The minimum absolute atomic E-state index is 0.0237. The van der Waals surface area contributed by atoms with Crippen molar-refractivity contribution in [3.05, 3.63) is 36.4 Å². The van der Waals surface area contributed by atoms with Crippen LogP contribution in [-0.2, 0) is 11.3 Å². The van der Waals surface area contributed by atoms with E-state index in [0.717, 1.165) is 5.69 Å². The summed E-state index contributed by atoms with van der Waals surface area (Å²) in [4.78, 5) is 24.4. The number of amides is 1. The number of hydrogen-bond donors (Lipinski definition) is 0. The average Bonchev–Trinajstić information content (AvgIpc) is 2.94. The Balaban J connectivity index is 1.95. The molecule has 0 spiro atoms. The molecule has 0 N–H and O–H groups in total. The first kappa shape index (κ1) is 12.6. The Labute approximate surface area is 116 Å². The van der Waals surface area contributed by atoms with Gasteiger partial charge in [0, 0.05) is 32.7 Å². The highest BCUT2D eigenvalue weighted by atomic mass is 16.2. The zero-order valence-electron chi connectivity index (χ0n) is 11.5. The number of likely N-dealkylation sites (N-methyl/N-ethyl adjacent to an activating group) is 1. The van der Waals surface area contributed by atoms with Gasteiger partial charge in [-0.05, 0) is 12.1 Å². The van der Waals surface area contributed by atoms with Gasteiger partial charge in [0.25, 0.3) is 0 Å². The van der Waals surface area contributed by atoms with Crippen LogP contribution in [0, 0.1) is 0 Å². The lowest BCUT2D eigenvalue weighted by Crippen LogP contribution is -2.45. The van der Waals surface area contributed by atoms with E-state index in [4.69, 9.17) is 0 Å². The number of rotatable bonds is 2. The van der Waals surface area contributed by atoms with Gasteiger partial charge < -0.3 is 9.80 Å². The molecular formula is C13H16N6O. The van der Waals surface area contributed by atoms with E-state index in [9.17, 15) is 4.79 Å². The topological polar surface area (TPSA) is 67.2 Å². The Hall–Kier alpha value is -2.44. The highest BCUT2D eigenvalue weighted by Crippen LogP contribution is 2.24. The molecule has 0 bridgehead atoms. The van der Waals surface area contributed by atoms with Crippen LogP contribution in [-0.4, -0.2) is 51.2 Å². The minimum atomic E-state index is -0.340. The monoisotopic (exact) mass is 272 g/mol. The van der Waals surface area contributed by atoms with Gasteiger partial charge >= 0.3 is 0 Å². The molecule has 0 radical (unpaired) electrons. The molecule has 1 atom stereocenters. The summed E-state index contributed by atoms with van der Waals surface area (Å²) in [5.41, 5.74) is 0.990. The van der Waals surface area contributed by atoms with Crippen molar-refractivity contribution >= 4 is 11.9 Å². The summed E-state index contributed by atoms with van der Waals surface area (Å²) in [6.07, 6.45) is 5.13. The summed E-state index contributed by atoms with van der Waals surface area (Å²) in [5.74, 6) is 0.659. The third-order valence-electron chi connectivity index (χ3n) is 3.35. The van der Waals surface area contributed by atoms with E-state index in [-0.39, 0.29) is 11.9 Å². The van der Waals surface area contributed by atoms with Crippen LogP contribution in [0.25, 0.3) is 0 Å². The second kappa shape index (κ2) is 4.92. The van der Waals surface area contributed by atoms with Crippen molar-refractivity contribution in [2.75, 3.05) is 25.5 Å². The normalized spacial score (nSPS) is 17.7. The van der Waals surface area contributed by atoms with E-state index in [2.05, 4.69) is 15.1 Å². The van der Waals surface area contributed by atoms with Crippen LogP contribution in [0.3, 0.4) is 0 Å². The van der Waals surface area contributed by atoms with Gasteiger partial charge in [-0.2, -0.15) is 5.10 Å². The molecule has 104 valence electrons. The maximum absolute atomic E-state index is 12.3. The van der Waals surface area contributed by atoms with Crippen molar-refractivity contribution in [2.24, 2.45) is 0 Å². The molecule has 0 aromatic carbocycles. The summed E-state index contributed by atoms with van der Waals surface area (Å²) >= 11 is 0. The van der Waals surface area contributed by atoms with Crippen LogP contribution < -0.4 is 4.90 Å². The Morgan fingerprint density at radius 1 is 1.30 bits per heavy atom. The predicted octanol–water partition coefficient (Wildman–Crippen LogP) is 0.323. The molecule has 0 aliphatic carbocycles. The Kier molecular flexibility index (Phi) is 3.09. The van der Waals surface area contributed by atoms with Crippen molar-refractivity contribution in [3.63, 3.8) is 0 Å². The summed E-state index contributed by atoms with van der Waals surface area (Å²) in [6.45, 7) is 1.18. The first-order chi connectivity index (χ1) is 9.66. The second-order valence-corrected chi connectivity index (χ2v) is 4.94. The number of carbonyl (C=O) groups is 1. The molecule has 3 rings (SSSR count). The highest BCUT2D eigenvalue weighted by Gasteiger charge is 2.32. The fourth-order valence-corrected chi connectivity index (χ4v) is 2.38. The van der Waals surface area contributed by atoms with Gasteiger partial charge in [-0.1, -0.05) is 0 Å².